The van der Waals surface area contributed by atoms with Crippen molar-refractivity contribution in [3.05, 3.63) is 11.2 Å². The fourth-order valence-electron chi connectivity index (χ4n) is 0.872. The molecule has 0 atom stereocenters. The van der Waals surface area contributed by atoms with E-state index in [9.17, 15) is 4.79 Å². The molecule has 0 radical (unpaired) electrons. The van der Waals surface area contributed by atoms with Crippen LogP contribution in [-0.4, -0.2) is 17.8 Å². The van der Waals surface area contributed by atoms with E-state index in [2.05, 4.69) is 10.3 Å². The van der Waals surface area contributed by atoms with Crippen molar-refractivity contribution in [1.82, 2.24) is 4.98 Å². The van der Waals surface area contributed by atoms with E-state index in [1.165, 1.54) is 11.3 Å². The number of hydrogen-bond acceptors (Lipinski definition) is 4. The lowest BCUT2D eigenvalue weighted by atomic mass is 10.1. The highest BCUT2D eigenvalue weighted by Crippen LogP contribution is 2.21. The number of carbonyl (C=O) groups is 1. The van der Waals surface area contributed by atoms with Gasteiger partial charge in [0, 0.05) is 13.0 Å². The number of thiazole rings is 1. The summed E-state index contributed by atoms with van der Waals surface area (Å²) in [6, 6.07) is 0. The van der Waals surface area contributed by atoms with E-state index in [0.29, 0.717) is 5.69 Å². The first-order chi connectivity index (χ1) is 5.66. The predicted octanol–water partition coefficient (Wildman–Crippen LogP) is 2.02. The average Bonchev–Trinajstić information content (AvgIpc) is 2.49. The van der Waals surface area contributed by atoms with E-state index in [-0.39, 0.29) is 11.7 Å². The Morgan fingerprint density at radius 3 is 2.83 bits per heavy atom. The molecule has 0 aliphatic rings. The first-order valence-corrected chi connectivity index (χ1v) is 4.70. The average molecular weight is 184 g/mol. The molecular weight excluding hydrogens is 172 g/mol. The first kappa shape index (κ1) is 9.19. The molecule has 0 aliphatic heterocycles. The summed E-state index contributed by atoms with van der Waals surface area (Å²) in [7, 11) is 1.80. The molecule has 66 valence electrons. The van der Waals surface area contributed by atoms with Crippen LogP contribution in [0, 0.1) is 5.92 Å². The number of hydrogen-bond donors (Lipinski definition) is 1. The number of aromatic nitrogens is 1. The minimum absolute atomic E-state index is 0.0131. The molecule has 0 spiro atoms. The van der Waals surface area contributed by atoms with E-state index in [0.717, 1.165) is 5.00 Å². The molecule has 1 rings (SSSR count). The maximum absolute atomic E-state index is 11.5. The molecule has 0 aromatic carbocycles. The Morgan fingerprint density at radius 2 is 2.33 bits per heavy atom. The zero-order valence-electron chi connectivity index (χ0n) is 7.42. The number of anilines is 1. The van der Waals surface area contributed by atoms with E-state index in [4.69, 9.17) is 0 Å². The molecule has 0 aliphatic carbocycles. The molecule has 0 saturated heterocycles. The Bertz CT molecular complexity index is 280. The fraction of sp³-hybridized carbons (Fsp3) is 0.500. The SMILES string of the molecule is CNc1scnc1C(=O)C(C)C. The van der Waals surface area contributed by atoms with E-state index >= 15 is 0 Å². The maximum Gasteiger partial charge on any atom is 0.186 e. The van der Waals surface area contributed by atoms with Crippen LogP contribution in [0.3, 0.4) is 0 Å². The van der Waals surface area contributed by atoms with Crippen molar-refractivity contribution >= 4 is 22.1 Å². The van der Waals surface area contributed by atoms with Crippen LogP contribution in [0.5, 0.6) is 0 Å². The molecule has 1 heterocycles. The fourth-order valence-corrected chi connectivity index (χ4v) is 1.52. The van der Waals surface area contributed by atoms with Crippen LogP contribution in [0.2, 0.25) is 0 Å². The van der Waals surface area contributed by atoms with Gasteiger partial charge < -0.3 is 5.32 Å². The Kier molecular flexibility index (Phi) is 2.81. The van der Waals surface area contributed by atoms with E-state index in [1.807, 2.05) is 13.8 Å². The second kappa shape index (κ2) is 3.67. The van der Waals surface area contributed by atoms with Gasteiger partial charge in [-0.05, 0) is 0 Å². The monoisotopic (exact) mass is 184 g/mol. The number of rotatable bonds is 3. The van der Waals surface area contributed by atoms with Gasteiger partial charge in [-0.2, -0.15) is 0 Å². The standard InChI is InChI=1S/C8H12N2OS/c1-5(2)7(11)6-8(9-3)12-4-10-6/h4-5,9H,1-3H3. The molecule has 0 amide bonds. The van der Waals surface area contributed by atoms with Gasteiger partial charge in [-0.15, -0.1) is 11.3 Å². The number of nitrogens with zero attached hydrogens (tertiary/aromatic N) is 1. The summed E-state index contributed by atoms with van der Waals surface area (Å²) in [4.78, 5) is 15.5. The van der Waals surface area contributed by atoms with Gasteiger partial charge in [-0.3, -0.25) is 4.79 Å². The molecular formula is C8H12N2OS. The topological polar surface area (TPSA) is 42.0 Å². The highest BCUT2D eigenvalue weighted by atomic mass is 32.1. The van der Waals surface area contributed by atoms with Crippen molar-refractivity contribution in [3.8, 4) is 0 Å². The Hall–Kier alpha value is -0.900. The molecule has 0 fully saturated rings. The van der Waals surface area contributed by atoms with Gasteiger partial charge in [0.1, 0.15) is 10.7 Å². The predicted molar refractivity (Wildman–Crippen MR) is 50.8 cm³/mol. The molecule has 0 saturated carbocycles. The highest BCUT2D eigenvalue weighted by Gasteiger charge is 2.16. The quantitative estimate of drug-likeness (QED) is 0.731. The third-order valence-electron chi connectivity index (χ3n) is 1.55. The van der Waals surface area contributed by atoms with Crippen LogP contribution in [-0.2, 0) is 0 Å². The van der Waals surface area contributed by atoms with Crippen LogP contribution < -0.4 is 5.32 Å². The van der Waals surface area contributed by atoms with Crippen molar-refractivity contribution < 1.29 is 4.79 Å². The molecule has 0 bridgehead atoms. The molecule has 3 nitrogen and oxygen atoms in total. The number of nitrogens with one attached hydrogen (secondary N) is 1. The largest absolute Gasteiger partial charge is 0.378 e. The van der Waals surface area contributed by atoms with Crippen molar-refractivity contribution in [2.24, 2.45) is 5.92 Å². The summed E-state index contributed by atoms with van der Waals surface area (Å²) >= 11 is 1.45. The zero-order chi connectivity index (χ0) is 9.14. The number of Topliss-reactive ketones (excluding diaryl/α,β-unsaturated/α-hetero) is 1. The number of ketones is 1. The van der Waals surface area contributed by atoms with Crippen LogP contribution in [0.15, 0.2) is 5.51 Å². The lowest BCUT2D eigenvalue weighted by Crippen LogP contribution is -2.09. The lowest BCUT2D eigenvalue weighted by molar-refractivity contribution is 0.0936. The summed E-state index contributed by atoms with van der Waals surface area (Å²) in [6.07, 6.45) is 0. The van der Waals surface area contributed by atoms with Gasteiger partial charge in [0.25, 0.3) is 0 Å². The molecule has 12 heavy (non-hydrogen) atoms. The molecule has 0 unspecified atom stereocenters. The lowest BCUT2D eigenvalue weighted by Gasteiger charge is -2.02. The molecule has 1 aromatic rings. The number of carbonyl (C=O) groups excluding carboxylic acids is 1. The van der Waals surface area contributed by atoms with Crippen LogP contribution in [0.25, 0.3) is 0 Å². The second-order valence-electron chi connectivity index (χ2n) is 2.80. The highest BCUT2D eigenvalue weighted by molar-refractivity contribution is 7.14. The molecule has 1 N–H and O–H groups in total. The minimum atomic E-state index is 0.0131. The van der Waals surface area contributed by atoms with Gasteiger partial charge in [-0.1, -0.05) is 13.8 Å². The van der Waals surface area contributed by atoms with Gasteiger partial charge in [0.05, 0.1) is 5.51 Å². The van der Waals surface area contributed by atoms with Gasteiger partial charge in [0.15, 0.2) is 5.78 Å². The van der Waals surface area contributed by atoms with Gasteiger partial charge in [-0.25, -0.2) is 4.98 Å². The van der Waals surface area contributed by atoms with E-state index in [1.54, 1.807) is 12.6 Å². The molecule has 1 aromatic heterocycles. The summed E-state index contributed by atoms with van der Waals surface area (Å²) in [6.45, 7) is 3.75. The Balaban J connectivity index is 2.94. The van der Waals surface area contributed by atoms with Crippen molar-refractivity contribution in [3.63, 3.8) is 0 Å². The van der Waals surface area contributed by atoms with Crippen molar-refractivity contribution in [1.29, 1.82) is 0 Å². The van der Waals surface area contributed by atoms with Crippen molar-refractivity contribution in [2.45, 2.75) is 13.8 Å². The maximum atomic E-state index is 11.5. The van der Waals surface area contributed by atoms with Crippen LogP contribution in [0.4, 0.5) is 5.00 Å². The molecule has 4 heteroatoms. The van der Waals surface area contributed by atoms with Crippen LogP contribution in [0.1, 0.15) is 24.3 Å². The smallest absolute Gasteiger partial charge is 0.186 e. The van der Waals surface area contributed by atoms with Gasteiger partial charge in [0.2, 0.25) is 0 Å². The van der Waals surface area contributed by atoms with Crippen molar-refractivity contribution in [2.75, 3.05) is 12.4 Å². The summed E-state index contributed by atoms with van der Waals surface area (Å²) in [5.41, 5.74) is 2.25. The summed E-state index contributed by atoms with van der Waals surface area (Å²) in [5.74, 6) is 0.111. The summed E-state index contributed by atoms with van der Waals surface area (Å²) < 4.78 is 0. The summed E-state index contributed by atoms with van der Waals surface area (Å²) in [5, 5.41) is 3.80. The second-order valence-corrected chi connectivity index (χ2v) is 3.65. The first-order valence-electron chi connectivity index (χ1n) is 3.82. The Labute approximate surface area is 75.8 Å². The Morgan fingerprint density at radius 1 is 1.67 bits per heavy atom. The third kappa shape index (κ3) is 1.64. The van der Waals surface area contributed by atoms with E-state index < -0.39 is 0 Å². The van der Waals surface area contributed by atoms with Gasteiger partial charge >= 0.3 is 0 Å². The normalized spacial score (nSPS) is 10.3. The third-order valence-corrected chi connectivity index (χ3v) is 2.40. The minimum Gasteiger partial charge on any atom is -0.378 e. The van der Waals surface area contributed by atoms with Crippen LogP contribution >= 0.6 is 11.3 Å². The zero-order valence-corrected chi connectivity index (χ0v) is 8.23.